The molecule has 2 N–H and O–H groups in total. The second kappa shape index (κ2) is 7.32. The minimum absolute atomic E-state index is 0.206. The SMILES string of the molecule is CCCCCCC1(N)CCC(CCC)CC1. The van der Waals surface area contributed by atoms with Gasteiger partial charge in [-0.2, -0.15) is 0 Å². The zero-order chi connectivity index (χ0) is 11.9. The molecule has 0 aromatic rings. The predicted octanol–water partition coefficient (Wildman–Crippen LogP) is 4.64. The fourth-order valence-corrected chi connectivity index (χ4v) is 3.10. The second-order valence-electron chi connectivity index (χ2n) is 5.91. The Kier molecular flexibility index (Phi) is 6.41. The molecule has 1 rings (SSSR count). The normalized spacial score (nSPS) is 30.6. The number of unbranched alkanes of at least 4 members (excludes halogenated alkanes) is 3. The number of nitrogens with two attached hydrogens (primary N) is 1. The summed E-state index contributed by atoms with van der Waals surface area (Å²) in [6, 6.07) is 0. The smallest absolute Gasteiger partial charge is 0.0154 e. The van der Waals surface area contributed by atoms with Crippen LogP contribution >= 0.6 is 0 Å². The van der Waals surface area contributed by atoms with E-state index in [9.17, 15) is 0 Å². The van der Waals surface area contributed by atoms with Crippen LogP contribution in [0.5, 0.6) is 0 Å². The lowest BCUT2D eigenvalue weighted by atomic mass is 9.73. The van der Waals surface area contributed by atoms with Crippen LogP contribution in [-0.2, 0) is 0 Å². The number of hydrogen-bond donors (Lipinski definition) is 1. The Morgan fingerprint density at radius 3 is 2.25 bits per heavy atom. The molecule has 0 atom stereocenters. The molecule has 0 bridgehead atoms. The Labute approximate surface area is 102 Å². The molecule has 1 nitrogen and oxygen atoms in total. The van der Waals surface area contributed by atoms with Gasteiger partial charge in [-0.3, -0.25) is 0 Å². The van der Waals surface area contributed by atoms with Gasteiger partial charge in [-0.15, -0.1) is 0 Å². The molecule has 16 heavy (non-hydrogen) atoms. The number of rotatable bonds is 7. The van der Waals surface area contributed by atoms with Crippen LogP contribution in [-0.4, -0.2) is 5.54 Å². The average Bonchev–Trinajstić information content (AvgIpc) is 2.29. The molecule has 0 saturated heterocycles. The molecule has 0 radical (unpaired) electrons. The van der Waals surface area contributed by atoms with E-state index in [4.69, 9.17) is 5.73 Å². The quantitative estimate of drug-likeness (QED) is 0.627. The molecule has 1 fully saturated rings. The van der Waals surface area contributed by atoms with Gasteiger partial charge in [-0.25, -0.2) is 0 Å². The largest absolute Gasteiger partial charge is 0.325 e. The van der Waals surface area contributed by atoms with Crippen LogP contribution < -0.4 is 5.73 Å². The summed E-state index contributed by atoms with van der Waals surface area (Å²) in [6.45, 7) is 4.57. The first-order valence-electron chi connectivity index (χ1n) is 7.49. The van der Waals surface area contributed by atoms with Gasteiger partial charge in [0.25, 0.3) is 0 Å². The summed E-state index contributed by atoms with van der Waals surface area (Å²) in [7, 11) is 0. The molecular formula is C15H31N. The summed E-state index contributed by atoms with van der Waals surface area (Å²) in [5, 5.41) is 0. The molecule has 96 valence electrons. The molecule has 0 amide bonds. The first-order valence-corrected chi connectivity index (χ1v) is 7.49. The van der Waals surface area contributed by atoms with E-state index in [-0.39, 0.29) is 5.54 Å². The minimum Gasteiger partial charge on any atom is -0.325 e. The van der Waals surface area contributed by atoms with Crippen LogP contribution in [0, 0.1) is 5.92 Å². The maximum Gasteiger partial charge on any atom is 0.0154 e. The Hall–Kier alpha value is -0.0400. The zero-order valence-corrected chi connectivity index (χ0v) is 11.4. The first-order chi connectivity index (χ1) is 7.70. The van der Waals surface area contributed by atoms with E-state index in [0.717, 1.165) is 5.92 Å². The van der Waals surface area contributed by atoms with Gasteiger partial charge in [-0.1, -0.05) is 52.4 Å². The van der Waals surface area contributed by atoms with Crippen molar-refractivity contribution in [2.24, 2.45) is 11.7 Å². The third kappa shape index (κ3) is 4.86. The van der Waals surface area contributed by atoms with Crippen LogP contribution in [0.15, 0.2) is 0 Å². The van der Waals surface area contributed by atoms with Crippen molar-refractivity contribution in [2.75, 3.05) is 0 Å². The van der Waals surface area contributed by atoms with Crippen molar-refractivity contribution in [1.29, 1.82) is 0 Å². The number of hydrogen-bond acceptors (Lipinski definition) is 1. The van der Waals surface area contributed by atoms with E-state index in [1.807, 2.05) is 0 Å². The molecule has 0 aromatic carbocycles. The molecule has 0 unspecified atom stereocenters. The van der Waals surface area contributed by atoms with Crippen molar-refractivity contribution in [3.05, 3.63) is 0 Å². The van der Waals surface area contributed by atoms with Crippen LogP contribution in [0.4, 0.5) is 0 Å². The highest BCUT2D eigenvalue weighted by atomic mass is 14.7. The topological polar surface area (TPSA) is 26.0 Å². The van der Waals surface area contributed by atoms with Gasteiger partial charge in [-0.05, 0) is 38.0 Å². The molecule has 0 heterocycles. The Balaban J connectivity index is 2.16. The van der Waals surface area contributed by atoms with E-state index in [0.29, 0.717) is 0 Å². The van der Waals surface area contributed by atoms with E-state index >= 15 is 0 Å². The monoisotopic (exact) mass is 225 g/mol. The van der Waals surface area contributed by atoms with E-state index in [2.05, 4.69) is 13.8 Å². The van der Waals surface area contributed by atoms with Gasteiger partial charge in [0.15, 0.2) is 0 Å². The van der Waals surface area contributed by atoms with Gasteiger partial charge in [0.05, 0.1) is 0 Å². The average molecular weight is 225 g/mol. The van der Waals surface area contributed by atoms with Crippen molar-refractivity contribution < 1.29 is 0 Å². The summed E-state index contributed by atoms with van der Waals surface area (Å²) >= 11 is 0. The third-order valence-corrected chi connectivity index (χ3v) is 4.33. The van der Waals surface area contributed by atoms with Gasteiger partial charge >= 0.3 is 0 Å². The van der Waals surface area contributed by atoms with Crippen LogP contribution in [0.1, 0.15) is 84.5 Å². The van der Waals surface area contributed by atoms with Crippen molar-refractivity contribution in [2.45, 2.75) is 90.0 Å². The summed E-state index contributed by atoms with van der Waals surface area (Å²) < 4.78 is 0. The molecule has 1 saturated carbocycles. The van der Waals surface area contributed by atoms with Crippen molar-refractivity contribution in [3.63, 3.8) is 0 Å². The summed E-state index contributed by atoms with van der Waals surface area (Å²) in [4.78, 5) is 0. The van der Waals surface area contributed by atoms with Crippen molar-refractivity contribution >= 4 is 0 Å². The Morgan fingerprint density at radius 1 is 1.00 bits per heavy atom. The maximum atomic E-state index is 6.50. The van der Waals surface area contributed by atoms with E-state index in [1.165, 1.54) is 70.6 Å². The van der Waals surface area contributed by atoms with E-state index in [1.54, 1.807) is 0 Å². The molecule has 1 aliphatic carbocycles. The van der Waals surface area contributed by atoms with Gasteiger partial charge in [0.1, 0.15) is 0 Å². The lowest BCUT2D eigenvalue weighted by molar-refractivity contribution is 0.209. The first kappa shape index (κ1) is 14.0. The maximum absolute atomic E-state index is 6.50. The van der Waals surface area contributed by atoms with Gasteiger partial charge in [0, 0.05) is 5.54 Å². The Bertz CT molecular complexity index is 163. The highest BCUT2D eigenvalue weighted by Gasteiger charge is 2.30. The highest BCUT2D eigenvalue weighted by molar-refractivity contribution is 4.89. The summed E-state index contributed by atoms with van der Waals surface area (Å²) in [5.41, 5.74) is 6.71. The summed E-state index contributed by atoms with van der Waals surface area (Å²) in [5.74, 6) is 0.984. The third-order valence-electron chi connectivity index (χ3n) is 4.33. The predicted molar refractivity (Wildman–Crippen MR) is 72.5 cm³/mol. The standard InChI is InChI=1S/C15H31N/c1-3-5-6-7-11-15(16)12-9-14(8-4-2)10-13-15/h14H,3-13,16H2,1-2H3. The molecule has 0 aliphatic heterocycles. The highest BCUT2D eigenvalue weighted by Crippen LogP contribution is 2.35. The van der Waals surface area contributed by atoms with Crippen molar-refractivity contribution in [3.8, 4) is 0 Å². The van der Waals surface area contributed by atoms with Gasteiger partial charge in [0.2, 0.25) is 0 Å². The van der Waals surface area contributed by atoms with Crippen LogP contribution in [0.3, 0.4) is 0 Å². The molecule has 1 aliphatic rings. The van der Waals surface area contributed by atoms with Crippen LogP contribution in [0.2, 0.25) is 0 Å². The lowest BCUT2D eigenvalue weighted by Gasteiger charge is -2.37. The zero-order valence-electron chi connectivity index (χ0n) is 11.4. The Morgan fingerprint density at radius 2 is 1.69 bits per heavy atom. The minimum atomic E-state index is 0.206. The molecule has 0 spiro atoms. The van der Waals surface area contributed by atoms with Crippen LogP contribution in [0.25, 0.3) is 0 Å². The fraction of sp³-hybridized carbons (Fsp3) is 1.00. The second-order valence-corrected chi connectivity index (χ2v) is 5.91. The fourth-order valence-electron chi connectivity index (χ4n) is 3.10. The molecular weight excluding hydrogens is 194 g/mol. The molecule has 1 heteroatoms. The van der Waals surface area contributed by atoms with Crippen molar-refractivity contribution in [1.82, 2.24) is 0 Å². The van der Waals surface area contributed by atoms with Gasteiger partial charge < -0.3 is 5.73 Å². The molecule has 0 aromatic heterocycles. The van der Waals surface area contributed by atoms with E-state index < -0.39 is 0 Å². The summed E-state index contributed by atoms with van der Waals surface area (Å²) in [6.07, 6.45) is 14.8. The lowest BCUT2D eigenvalue weighted by Crippen LogP contribution is -2.43.